The van der Waals surface area contributed by atoms with Gasteiger partial charge in [-0.05, 0) is 31.6 Å². The van der Waals surface area contributed by atoms with Crippen molar-refractivity contribution >= 4 is 11.9 Å². The second kappa shape index (κ2) is 5.73. The molecule has 0 bridgehead atoms. The molecule has 0 unspecified atom stereocenters. The van der Waals surface area contributed by atoms with Crippen LogP contribution in [0.3, 0.4) is 0 Å². The Bertz CT molecular complexity index is 232. The van der Waals surface area contributed by atoms with Crippen LogP contribution in [0, 0.1) is 5.92 Å². The van der Waals surface area contributed by atoms with E-state index < -0.39 is 11.9 Å². The first kappa shape index (κ1) is 12.0. The van der Waals surface area contributed by atoms with Crippen molar-refractivity contribution in [3.8, 4) is 0 Å². The van der Waals surface area contributed by atoms with E-state index in [4.69, 9.17) is 0 Å². The molecule has 1 aliphatic carbocycles. The Morgan fingerprint density at radius 2 is 1.87 bits per heavy atom. The molecular weight excluding hydrogens is 194 g/mol. The Morgan fingerprint density at radius 3 is 2.33 bits per heavy atom. The van der Waals surface area contributed by atoms with Crippen LogP contribution in [-0.4, -0.2) is 25.0 Å². The molecule has 1 fully saturated rings. The average molecular weight is 213 g/mol. The van der Waals surface area contributed by atoms with Crippen molar-refractivity contribution in [1.29, 1.82) is 0 Å². The third kappa shape index (κ3) is 3.53. The van der Waals surface area contributed by atoms with Crippen LogP contribution in [0.5, 0.6) is 0 Å². The summed E-state index contributed by atoms with van der Waals surface area (Å²) in [6, 6.07) is 0.152. The number of nitrogens with one attached hydrogen (secondary N) is 1. The van der Waals surface area contributed by atoms with E-state index in [1.807, 2.05) is 0 Å². The highest BCUT2D eigenvalue weighted by Gasteiger charge is 2.23. The highest BCUT2D eigenvalue weighted by atomic mass is 16.5. The van der Waals surface area contributed by atoms with Gasteiger partial charge in [-0.1, -0.05) is 13.3 Å². The zero-order valence-corrected chi connectivity index (χ0v) is 9.41. The number of rotatable bonds is 2. The number of hydrogen-bond acceptors (Lipinski definition) is 3. The molecule has 1 rings (SSSR count). The minimum Gasteiger partial charge on any atom is -0.462 e. The Labute approximate surface area is 90.4 Å². The first-order chi connectivity index (χ1) is 7.17. The summed E-state index contributed by atoms with van der Waals surface area (Å²) in [5, 5.41) is 2.70. The molecule has 4 nitrogen and oxygen atoms in total. The summed E-state index contributed by atoms with van der Waals surface area (Å²) < 4.78 is 4.34. The fourth-order valence-corrected chi connectivity index (χ4v) is 2.05. The highest BCUT2D eigenvalue weighted by Crippen LogP contribution is 2.26. The number of amides is 1. The first-order valence-electron chi connectivity index (χ1n) is 5.56. The molecule has 0 aromatic rings. The number of methoxy groups -OCH3 is 1. The molecule has 0 heterocycles. The van der Waals surface area contributed by atoms with E-state index in [1.54, 1.807) is 0 Å². The Balaban J connectivity index is 2.29. The van der Waals surface area contributed by atoms with Crippen LogP contribution in [0.2, 0.25) is 0 Å². The summed E-state index contributed by atoms with van der Waals surface area (Å²) in [7, 11) is 1.22. The van der Waals surface area contributed by atoms with Crippen molar-refractivity contribution in [3.05, 3.63) is 0 Å². The van der Waals surface area contributed by atoms with E-state index in [0.29, 0.717) is 0 Å². The third-order valence-electron chi connectivity index (χ3n) is 3.13. The average Bonchev–Trinajstić information content (AvgIpc) is 2.29. The van der Waals surface area contributed by atoms with Crippen molar-refractivity contribution in [3.63, 3.8) is 0 Å². The Kier molecular flexibility index (Phi) is 4.59. The molecule has 1 amide bonds. The number of esters is 1. The van der Waals surface area contributed by atoms with Crippen LogP contribution in [-0.2, 0) is 14.3 Å². The second-order valence-electron chi connectivity index (χ2n) is 4.09. The predicted octanol–water partition coefficient (Wildman–Crippen LogP) is 1.24. The largest absolute Gasteiger partial charge is 0.462 e. The summed E-state index contributed by atoms with van der Waals surface area (Å²) in [6.07, 6.45) is 5.44. The fraction of sp³-hybridized carbons (Fsp3) is 0.818. The van der Waals surface area contributed by atoms with Crippen LogP contribution in [0.1, 0.15) is 39.0 Å². The van der Waals surface area contributed by atoms with Gasteiger partial charge in [-0.3, -0.25) is 4.79 Å². The number of carbonyl (C=O) groups is 2. The van der Waals surface area contributed by atoms with Crippen LogP contribution in [0.25, 0.3) is 0 Å². The molecule has 0 atom stereocenters. The molecule has 0 saturated heterocycles. The van der Waals surface area contributed by atoms with E-state index >= 15 is 0 Å². The zero-order valence-electron chi connectivity index (χ0n) is 9.41. The molecule has 0 spiro atoms. The Hall–Kier alpha value is -1.06. The minimum atomic E-state index is -0.799. The summed E-state index contributed by atoms with van der Waals surface area (Å²) in [4.78, 5) is 22.1. The van der Waals surface area contributed by atoms with Crippen LogP contribution in [0.4, 0.5) is 0 Å². The van der Waals surface area contributed by atoms with Gasteiger partial charge >= 0.3 is 11.9 Å². The normalized spacial score (nSPS) is 25.7. The lowest BCUT2D eigenvalue weighted by Gasteiger charge is -2.27. The van der Waals surface area contributed by atoms with Gasteiger partial charge in [0.05, 0.1) is 7.11 Å². The van der Waals surface area contributed by atoms with Gasteiger partial charge in [0, 0.05) is 6.04 Å². The molecule has 86 valence electrons. The molecule has 0 aliphatic heterocycles. The molecule has 4 heteroatoms. The van der Waals surface area contributed by atoms with Gasteiger partial charge in [-0.2, -0.15) is 0 Å². The van der Waals surface area contributed by atoms with Crippen molar-refractivity contribution in [1.82, 2.24) is 5.32 Å². The summed E-state index contributed by atoms with van der Waals surface area (Å²) >= 11 is 0. The monoisotopic (exact) mass is 213 g/mol. The van der Waals surface area contributed by atoms with Gasteiger partial charge < -0.3 is 10.1 Å². The van der Waals surface area contributed by atoms with Gasteiger partial charge in [-0.15, -0.1) is 0 Å². The molecule has 0 radical (unpaired) electrons. The highest BCUT2D eigenvalue weighted by molar-refractivity contribution is 6.32. The molecule has 0 aromatic heterocycles. The van der Waals surface area contributed by atoms with Crippen LogP contribution >= 0.6 is 0 Å². The summed E-state index contributed by atoms with van der Waals surface area (Å²) in [5.74, 6) is -0.624. The maximum atomic E-state index is 11.2. The fourth-order valence-electron chi connectivity index (χ4n) is 2.05. The van der Waals surface area contributed by atoms with Crippen molar-refractivity contribution < 1.29 is 14.3 Å². The third-order valence-corrected chi connectivity index (χ3v) is 3.13. The molecule has 0 aromatic carbocycles. The first-order valence-corrected chi connectivity index (χ1v) is 5.56. The number of hydrogen-bond donors (Lipinski definition) is 1. The van der Waals surface area contributed by atoms with Crippen LogP contribution < -0.4 is 5.32 Å². The molecule has 15 heavy (non-hydrogen) atoms. The molecular formula is C11H19NO3. The molecule has 1 aliphatic rings. The predicted molar refractivity (Wildman–Crippen MR) is 56.2 cm³/mol. The topological polar surface area (TPSA) is 55.4 Å². The van der Waals surface area contributed by atoms with E-state index in [1.165, 1.54) is 13.5 Å². The maximum Gasteiger partial charge on any atom is 0.396 e. The smallest absolute Gasteiger partial charge is 0.396 e. The van der Waals surface area contributed by atoms with E-state index in [9.17, 15) is 9.59 Å². The lowest BCUT2D eigenvalue weighted by Crippen LogP contribution is -2.41. The van der Waals surface area contributed by atoms with E-state index in [2.05, 4.69) is 17.0 Å². The van der Waals surface area contributed by atoms with E-state index in [0.717, 1.165) is 31.6 Å². The lowest BCUT2D eigenvalue weighted by atomic mass is 9.84. The summed E-state index contributed by atoms with van der Waals surface area (Å²) in [5.41, 5.74) is 0. The Morgan fingerprint density at radius 1 is 1.27 bits per heavy atom. The SMILES string of the molecule is CCC1CCC(NC(=O)C(=O)OC)CC1. The van der Waals surface area contributed by atoms with Crippen molar-refractivity contribution in [2.45, 2.75) is 45.1 Å². The second-order valence-corrected chi connectivity index (χ2v) is 4.09. The van der Waals surface area contributed by atoms with Gasteiger partial charge in [0.25, 0.3) is 0 Å². The van der Waals surface area contributed by atoms with Crippen LogP contribution in [0.15, 0.2) is 0 Å². The zero-order chi connectivity index (χ0) is 11.3. The maximum absolute atomic E-state index is 11.2. The standard InChI is InChI=1S/C11H19NO3/c1-3-8-4-6-9(7-5-8)12-10(13)11(14)15-2/h8-9H,3-7H2,1-2H3,(H,12,13). The summed E-state index contributed by atoms with van der Waals surface area (Å²) in [6.45, 7) is 2.19. The number of ether oxygens (including phenoxy) is 1. The van der Waals surface area contributed by atoms with Gasteiger partial charge in [0.15, 0.2) is 0 Å². The van der Waals surface area contributed by atoms with Gasteiger partial charge in [-0.25, -0.2) is 4.79 Å². The molecule has 1 N–H and O–H groups in total. The van der Waals surface area contributed by atoms with Gasteiger partial charge in [0.1, 0.15) is 0 Å². The van der Waals surface area contributed by atoms with Crippen molar-refractivity contribution in [2.24, 2.45) is 5.92 Å². The quantitative estimate of drug-likeness (QED) is 0.554. The lowest BCUT2D eigenvalue weighted by molar-refractivity contribution is -0.153. The number of carbonyl (C=O) groups excluding carboxylic acids is 2. The van der Waals surface area contributed by atoms with Gasteiger partial charge in [0.2, 0.25) is 0 Å². The van der Waals surface area contributed by atoms with E-state index in [-0.39, 0.29) is 6.04 Å². The van der Waals surface area contributed by atoms with Crippen molar-refractivity contribution in [2.75, 3.05) is 7.11 Å². The minimum absolute atomic E-state index is 0.152. The molecule has 1 saturated carbocycles.